The molecule has 0 spiro atoms. The highest BCUT2D eigenvalue weighted by Crippen LogP contribution is 2.25. The van der Waals surface area contributed by atoms with Crippen LogP contribution in [0, 0.1) is 0 Å². The minimum absolute atomic E-state index is 0.0600. The molecule has 0 aromatic rings. The van der Waals surface area contributed by atoms with Crippen molar-refractivity contribution in [1.29, 1.82) is 0 Å². The van der Waals surface area contributed by atoms with Gasteiger partial charge in [-0.25, -0.2) is 4.79 Å². The van der Waals surface area contributed by atoms with Crippen molar-refractivity contribution in [3.63, 3.8) is 0 Å². The predicted molar refractivity (Wildman–Crippen MR) is 57.1 cm³/mol. The molecular weight excluding hydrogens is 288 g/mol. The van der Waals surface area contributed by atoms with E-state index in [1.807, 2.05) is 0 Å². The normalized spacial score (nSPS) is 10.6. The van der Waals surface area contributed by atoms with Crippen molar-refractivity contribution in [3.8, 4) is 0 Å². The Morgan fingerprint density at radius 2 is 1.44 bits per heavy atom. The van der Waals surface area contributed by atoms with Gasteiger partial charge in [0.05, 0.1) is 26.4 Å². The van der Waals surface area contributed by atoms with Crippen molar-refractivity contribution in [1.82, 2.24) is 5.64 Å². The molecule has 16 heavy (non-hydrogen) atoms. The van der Waals surface area contributed by atoms with E-state index in [0.717, 1.165) is 0 Å². The van der Waals surface area contributed by atoms with Crippen LogP contribution in [0.3, 0.4) is 0 Å². The number of carboxylic acids is 1. The van der Waals surface area contributed by atoms with Gasteiger partial charge in [-0.1, -0.05) is 40.4 Å². The summed E-state index contributed by atoms with van der Waals surface area (Å²) in [4.78, 5) is 18.5. The second-order valence-corrected chi connectivity index (χ2v) is 4.31. The smallest absolute Gasteiger partial charge is 0.356 e. The SMILES string of the molecule is O=C(O)C(Cl)(Cl)Cl.OCCONOCCO. The zero-order valence-corrected chi connectivity index (χ0v) is 10.3. The predicted octanol–water partition coefficient (Wildman–Crippen LogP) is -0.135. The number of carbonyl (C=O) groups is 1. The fraction of sp³-hybridized carbons (Fsp3) is 0.833. The lowest BCUT2D eigenvalue weighted by molar-refractivity contribution is -0.178. The van der Waals surface area contributed by atoms with Crippen molar-refractivity contribution >= 4 is 40.8 Å². The van der Waals surface area contributed by atoms with E-state index >= 15 is 0 Å². The van der Waals surface area contributed by atoms with Crippen molar-refractivity contribution in [2.75, 3.05) is 26.4 Å². The van der Waals surface area contributed by atoms with Gasteiger partial charge in [0.25, 0.3) is 3.79 Å². The first-order valence-corrected chi connectivity index (χ1v) is 5.00. The number of hydrogen-bond donors (Lipinski definition) is 4. The van der Waals surface area contributed by atoms with Crippen LogP contribution in [0.2, 0.25) is 0 Å². The van der Waals surface area contributed by atoms with E-state index in [1.165, 1.54) is 0 Å². The lowest BCUT2D eigenvalue weighted by Gasteiger charge is -2.01. The molecule has 0 fully saturated rings. The molecule has 0 unspecified atom stereocenters. The zero-order valence-electron chi connectivity index (χ0n) is 8.03. The first-order valence-electron chi connectivity index (χ1n) is 3.86. The van der Waals surface area contributed by atoms with E-state index in [2.05, 4.69) is 15.3 Å². The molecule has 0 heterocycles. The first kappa shape index (κ1) is 18.5. The Labute approximate surface area is 107 Å². The Hall–Kier alpha value is 0.140. The summed E-state index contributed by atoms with van der Waals surface area (Å²) < 4.78 is -2.17. The number of aliphatic hydroxyl groups is 2. The third-order valence-electron chi connectivity index (χ3n) is 0.747. The van der Waals surface area contributed by atoms with Gasteiger partial charge in [0.15, 0.2) is 0 Å². The molecule has 0 radical (unpaired) electrons. The molecule has 0 bridgehead atoms. The third-order valence-corrected chi connectivity index (χ3v) is 1.23. The summed E-state index contributed by atoms with van der Waals surface area (Å²) in [5.41, 5.74) is 2.07. The third kappa shape index (κ3) is 16.6. The van der Waals surface area contributed by atoms with Crippen LogP contribution in [0.5, 0.6) is 0 Å². The maximum atomic E-state index is 9.62. The van der Waals surface area contributed by atoms with Gasteiger partial charge in [-0.3, -0.25) is 9.68 Å². The van der Waals surface area contributed by atoms with Gasteiger partial charge in [0.2, 0.25) is 0 Å². The maximum Gasteiger partial charge on any atom is 0.356 e. The molecule has 0 aromatic heterocycles. The fourth-order valence-electron chi connectivity index (χ4n) is 0.216. The molecule has 0 saturated carbocycles. The zero-order chi connectivity index (χ0) is 13.0. The Morgan fingerprint density at radius 1 is 1.12 bits per heavy atom. The van der Waals surface area contributed by atoms with Crippen LogP contribution in [0.4, 0.5) is 0 Å². The van der Waals surface area contributed by atoms with Crippen LogP contribution in [0.25, 0.3) is 0 Å². The molecule has 10 heteroatoms. The number of rotatable bonds is 6. The molecule has 7 nitrogen and oxygen atoms in total. The average molecular weight is 301 g/mol. The molecule has 0 rings (SSSR count). The van der Waals surface area contributed by atoms with E-state index in [-0.39, 0.29) is 26.4 Å². The van der Waals surface area contributed by atoms with Crippen LogP contribution in [0.1, 0.15) is 0 Å². The van der Waals surface area contributed by atoms with Gasteiger partial charge in [-0.2, -0.15) is 0 Å². The number of aliphatic hydroxyl groups excluding tert-OH is 2. The summed E-state index contributed by atoms with van der Waals surface area (Å²) in [6, 6.07) is 0. The van der Waals surface area contributed by atoms with E-state index < -0.39 is 9.76 Å². The molecule has 0 amide bonds. The van der Waals surface area contributed by atoms with E-state index in [1.54, 1.807) is 0 Å². The van der Waals surface area contributed by atoms with Gasteiger partial charge >= 0.3 is 5.97 Å². The summed E-state index contributed by atoms with van der Waals surface area (Å²) in [6.45, 7) is 0.224. The van der Waals surface area contributed by atoms with Crippen LogP contribution < -0.4 is 5.64 Å². The van der Waals surface area contributed by atoms with Crippen molar-refractivity contribution in [2.24, 2.45) is 0 Å². The maximum absolute atomic E-state index is 9.62. The monoisotopic (exact) mass is 299 g/mol. The van der Waals surface area contributed by atoms with Crippen LogP contribution in [0.15, 0.2) is 0 Å². The molecule has 4 N–H and O–H groups in total. The molecule has 0 saturated heterocycles. The largest absolute Gasteiger partial charge is 0.478 e. The van der Waals surface area contributed by atoms with Gasteiger partial charge in [0.1, 0.15) is 0 Å². The number of halogens is 3. The van der Waals surface area contributed by atoms with Crippen LogP contribution >= 0.6 is 34.8 Å². The van der Waals surface area contributed by atoms with Gasteiger partial charge in [-0.15, -0.1) is 0 Å². The van der Waals surface area contributed by atoms with Crippen LogP contribution in [-0.4, -0.2) is 51.5 Å². The summed E-state index contributed by atoms with van der Waals surface area (Å²) in [5, 5.41) is 24.2. The number of alkyl halides is 3. The molecule has 0 aliphatic carbocycles. The Bertz CT molecular complexity index is 170. The molecule has 0 aliphatic heterocycles. The van der Waals surface area contributed by atoms with Crippen molar-refractivity contribution < 1.29 is 29.8 Å². The van der Waals surface area contributed by atoms with Crippen molar-refractivity contribution in [3.05, 3.63) is 0 Å². The minimum atomic E-state index is -2.17. The Morgan fingerprint density at radius 3 is 1.62 bits per heavy atom. The Kier molecular flexibility index (Phi) is 13.4. The van der Waals surface area contributed by atoms with Crippen LogP contribution in [-0.2, 0) is 14.5 Å². The van der Waals surface area contributed by atoms with E-state index in [0.29, 0.717) is 0 Å². The number of nitrogens with one attached hydrogen (secondary N) is 1. The quantitative estimate of drug-likeness (QED) is 0.307. The average Bonchev–Trinajstić information content (AvgIpc) is 2.17. The highest BCUT2D eigenvalue weighted by molar-refractivity contribution is 6.75. The first-order chi connectivity index (χ1) is 7.36. The molecule has 0 aliphatic rings. The highest BCUT2D eigenvalue weighted by atomic mass is 35.6. The standard InChI is InChI=1S/C4H11NO4.C2HCl3O2/c6-1-3-8-5-9-4-2-7;3-2(4,5)1(6)7/h5-7H,1-4H2;(H,6,7). The second kappa shape index (κ2) is 11.6. The van der Waals surface area contributed by atoms with Crippen molar-refractivity contribution in [2.45, 2.75) is 3.79 Å². The molecule has 0 aromatic carbocycles. The lowest BCUT2D eigenvalue weighted by atomic mass is 10.8. The van der Waals surface area contributed by atoms with E-state index in [9.17, 15) is 4.79 Å². The summed E-state index contributed by atoms with van der Waals surface area (Å²) in [5.74, 6) is -1.46. The Balaban J connectivity index is 0. The summed E-state index contributed by atoms with van der Waals surface area (Å²) in [7, 11) is 0. The summed E-state index contributed by atoms with van der Waals surface area (Å²) in [6.07, 6.45) is 0. The van der Waals surface area contributed by atoms with Gasteiger partial charge < -0.3 is 15.3 Å². The topological polar surface area (TPSA) is 108 Å². The molecular formula is C6H12Cl3NO6. The van der Waals surface area contributed by atoms with Gasteiger partial charge in [0, 0.05) is 0 Å². The lowest BCUT2D eigenvalue weighted by Crippen LogP contribution is -2.19. The number of hydrogen-bond acceptors (Lipinski definition) is 6. The minimum Gasteiger partial charge on any atom is -0.478 e. The van der Waals surface area contributed by atoms with E-state index in [4.69, 9.17) is 50.1 Å². The summed E-state index contributed by atoms with van der Waals surface area (Å²) >= 11 is 14.4. The number of carboxylic acid groups (broad SMARTS) is 1. The molecule has 0 atom stereocenters. The molecule has 98 valence electrons. The fourth-order valence-corrected chi connectivity index (χ4v) is 0.216. The van der Waals surface area contributed by atoms with Gasteiger partial charge in [-0.05, 0) is 0 Å². The second-order valence-electron chi connectivity index (χ2n) is 2.03. The highest BCUT2D eigenvalue weighted by Gasteiger charge is 2.29. The number of aliphatic carboxylic acids is 1.